The van der Waals surface area contributed by atoms with E-state index in [9.17, 15) is 4.79 Å². The number of anilines is 1. The Balaban J connectivity index is 1.65. The lowest BCUT2D eigenvalue weighted by Gasteiger charge is -2.32. The number of rotatable bonds is 3. The van der Waals surface area contributed by atoms with E-state index >= 15 is 0 Å². The average Bonchev–Trinajstić information content (AvgIpc) is 2.90. The predicted octanol–water partition coefficient (Wildman–Crippen LogP) is 0.892. The Bertz CT molecular complexity index is 655. The second-order valence-electron chi connectivity index (χ2n) is 4.97. The highest BCUT2D eigenvalue weighted by Gasteiger charge is 2.28. The zero-order chi connectivity index (χ0) is 14.8. The van der Waals surface area contributed by atoms with Crippen molar-refractivity contribution in [1.29, 1.82) is 0 Å². The molecule has 7 nitrogen and oxygen atoms in total. The molecule has 0 saturated heterocycles. The van der Waals surface area contributed by atoms with Gasteiger partial charge in [0, 0.05) is 7.05 Å². The molecule has 7 heteroatoms. The monoisotopic (exact) mass is 288 g/mol. The molecule has 1 N–H and O–H groups in total. The topological polar surface area (TPSA) is 80.5 Å². The number of amides is 1. The first-order valence-electron chi connectivity index (χ1n) is 6.67. The number of benzene rings is 1. The van der Waals surface area contributed by atoms with Gasteiger partial charge in [-0.2, -0.15) is 0 Å². The molecule has 0 spiro atoms. The van der Waals surface area contributed by atoms with Crippen molar-refractivity contribution in [3.8, 4) is 5.75 Å². The lowest BCUT2D eigenvalue weighted by molar-refractivity contribution is -0.128. The SMILES string of the molecule is Cc1nonc1CNC(=O)C1CN(C)c2ccccc2O1. The van der Waals surface area contributed by atoms with Crippen molar-refractivity contribution in [3.63, 3.8) is 0 Å². The van der Waals surface area contributed by atoms with E-state index < -0.39 is 6.10 Å². The zero-order valence-electron chi connectivity index (χ0n) is 11.9. The molecule has 1 amide bonds. The summed E-state index contributed by atoms with van der Waals surface area (Å²) in [5, 5.41) is 10.2. The minimum atomic E-state index is -0.551. The molecule has 1 aliphatic rings. The van der Waals surface area contributed by atoms with Gasteiger partial charge in [0.25, 0.3) is 5.91 Å². The Labute approximate surface area is 121 Å². The van der Waals surface area contributed by atoms with Crippen molar-refractivity contribution in [2.75, 3.05) is 18.5 Å². The Morgan fingerprint density at radius 2 is 2.24 bits per heavy atom. The van der Waals surface area contributed by atoms with Crippen molar-refractivity contribution in [2.45, 2.75) is 19.6 Å². The van der Waals surface area contributed by atoms with Crippen LogP contribution < -0.4 is 15.0 Å². The second kappa shape index (κ2) is 5.43. The van der Waals surface area contributed by atoms with E-state index in [1.807, 2.05) is 36.2 Å². The number of nitrogens with zero attached hydrogens (tertiary/aromatic N) is 3. The Morgan fingerprint density at radius 1 is 1.43 bits per heavy atom. The molecule has 0 radical (unpaired) electrons. The van der Waals surface area contributed by atoms with Crippen molar-refractivity contribution in [1.82, 2.24) is 15.6 Å². The lowest BCUT2D eigenvalue weighted by Crippen LogP contribution is -2.47. The van der Waals surface area contributed by atoms with Gasteiger partial charge >= 0.3 is 0 Å². The highest BCUT2D eigenvalue weighted by Crippen LogP contribution is 2.31. The molecule has 2 heterocycles. The third-order valence-corrected chi connectivity index (χ3v) is 3.45. The third-order valence-electron chi connectivity index (χ3n) is 3.45. The Morgan fingerprint density at radius 3 is 3.00 bits per heavy atom. The zero-order valence-corrected chi connectivity index (χ0v) is 11.9. The van der Waals surface area contributed by atoms with Gasteiger partial charge in [-0.3, -0.25) is 4.79 Å². The number of carbonyl (C=O) groups is 1. The van der Waals surface area contributed by atoms with Crippen molar-refractivity contribution in [2.24, 2.45) is 0 Å². The summed E-state index contributed by atoms with van der Waals surface area (Å²) in [5.74, 6) is 0.532. The third kappa shape index (κ3) is 2.67. The molecule has 1 atom stereocenters. The molecule has 110 valence electrons. The van der Waals surface area contributed by atoms with E-state index in [1.54, 1.807) is 6.92 Å². The van der Waals surface area contributed by atoms with Crippen LogP contribution in [0.5, 0.6) is 5.75 Å². The number of aromatic nitrogens is 2. The predicted molar refractivity (Wildman–Crippen MR) is 75.0 cm³/mol. The van der Waals surface area contributed by atoms with Crippen molar-refractivity contribution in [3.05, 3.63) is 35.7 Å². The summed E-state index contributed by atoms with van der Waals surface area (Å²) < 4.78 is 10.3. The van der Waals surface area contributed by atoms with E-state index in [0.29, 0.717) is 23.7 Å². The summed E-state index contributed by atoms with van der Waals surface area (Å²) in [5.41, 5.74) is 2.27. The molecule has 0 aliphatic carbocycles. The molecular weight excluding hydrogens is 272 g/mol. The maximum atomic E-state index is 12.2. The van der Waals surface area contributed by atoms with Gasteiger partial charge in [-0.1, -0.05) is 22.4 Å². The summed E-state index contributed by atoms with van der Waals surface area (Å²) in [6.07, 6.45) is -0.551. The first-order chi connectivity index (χ1) is 10.1. The normalized spacial score (nSPS) is 17.0. The van der Waals surface area contributed by atoms with Gasteiger partial charge in [0.15, 0.2) is 6.10 Å². The number of hydrogen-bond donors (Lipinski definition) is 1. The number of ether oxygens (including phenoxy) is 1. The molecule has 0 fully saturated rings. The second-order valence-corrected chi connectivity index (χ2v) is 4.97. The quantitative estimate of drug-likeness (QED) is 0.903. The average molecular weight is 288 g/mol. The van der Waals surface area contributed by atoms with Gasteiger partial charge < -0.3 is 15.0 Å². The van der Waals surface area contributed by atoms with E-state index in [4.69, 9.17) is 4.74 Å². The summed E-state index contributed by atoms with van der Waals surface area (Å²) in [6.45, 7) is 2.55. The molecule has 1 unspecified atom stereocenters. The Hall–Kier alpha value is -2.57. The first kappa shape index (κ1) is 13.4. The Kier molecular flexibility index (Phi) is 3.47. The van der Waals surface area contributed by atoms with Crippen LogP contribution in [0.1, 0.15) is 11.4 Å². The minimum Gasteiger partial charge on any atom is -0.477 e. The number of aryl methyl sites for hydroxylation is 1. The maximum absolute atomic E-state index is 12.2. The van der Waals surface area contributed by atoms with E-state index in [2.05, 4.69) is 20.3 Å². The molecule has 1 aromatic carbocycles. The van der Waals surface area contributed by atoms with E-state index in [1.165, 1.54) is 0 Å². The highest BCUT2D eigenvalue weighted by atomic mass is 16.6. The van der Waals surface area contributed by atoms with Gasteiger partial charge in [-0.15, -0.1) is 0 Å². The smallest absolute Gasteiger partial charge is 0.263 e. The van der Waals surface area contributed by atoms with Crippen molar-refractivity contribution < 1.29 is 14.2 Å². The van der Waals surface area contributed by atoms with Crippen LogP contribution in [0.2, 0.25) is 0 Å². The fourth-order valence-electron chi connectivity index (χ4n) is 2.24. The van der Waals surface area contributed by atoms with Crippen LogP contribution in [0.3, 0.4) is 0 Å². The van der Waals surface area contributed by atoms with Crippen LogP contribution in [0.25, 0.3) is 0 Å². The van der Waals surface area contributed by atoms with E-state index in [0.717, 1.165) is 5.69 Å². The summed E-state index contributed by atoms with van der Waals surface area (Å²) >= 11 is 0. The van der Waals surface area contributed by atoms with Crippen LogP contribution in [-0.2, 0) is 11.3 Å². The summed E-state index contributed by atoms with van der Waals surface area (Å²) in [4.78, 5) is 14.2. The molecule has 1 aromatic heterocycles. The molecule has 21 heavy (non-hydrogen) atoms. The van der Waals surface area contributed by atoms with Crippen LogP contribution >= 0.6 is 0 Å². The molecule has 3 rings (SSSR count). The lowest BCUT2D eigenvalue weighted by atomic mass is 10.2. The molecule has 0 saturated carbocycles. The number of para-hydroxylation sites is 2. The highest BCUT2D eigenvalue weighted by molar-refractivity contribution is 5.83. The van der Waals surface area contributed by atoms with Crippen LogP contribution in [0.15, 0.2) is 28.9 Å². The van der Waals surface area contributed by atoms with Gasteiger partial charge in [-0.25, -0.2) is 4.63 Å². The summed E-state index contributed by atoms with van der Waals surface area (Å²) in [7, 11) is 1.94. The number of nitrogens with one attached hydrogen (secondary N) is 1. The van der Waals surface area contributed by atoms with Gasteiger partial charge in [0.2, 0.25) is 0 Å². The fraction of sp³-hybridized carbons (Fsp3) is 0.357. The summed E-state index contributed by atoms with van der Waals surface area (Å²) in [6, 6.07) is 7.65. The maximum Gasteiger partial charge on any atom is 0.263 e. The minimum absolute atomic E-state index is 0.182. The standard InChI is InChI=1S/C14H16N4O3/c1-9-10(17-21-16-9)7-15-14(19)13-8-18(2)11-5-3-4-6-12(11)20-13/h3-6,13H,7-8H2,1-2H3,(H,15,19). The molecule has 1 aliphatic heterocycles. The molecular formula is C14H16N4O3. The largest absolute Gasteiger partial charge is 0.477 e. The van der Waals surface area contributed by atoms with Crippen molar-refractivity contribution >= 4 is 11.6 Å². The number of hydrogen-bond acceptors (Lipinski definition) is 6. The van der Waals surface area contributed by atoms with Crippen LogP contribution in [-0.4, -0.2) is 35.9 Å². The van der Waals surface area contributed by atoms with E-state index in [-0.39, 0.29) is 12.5 Å². The first-order valence-corrected chi connectivity index (χ1v) is 6.67. The number of carbonyl (C=O) groups excluding carboxylic acids is 1. The molecule has 0 bridgehead atoms. The van der Waals surface area contributed by atoms with Gasteiger partial charge in [0.1, 0.15) is 17.1 Å². The fourth-order valence-corrected chi connectivity index (χ4v) is 2.24. The number of likely N-dealkylation sites (N-methyl/N-ethyl adjacent to an activating group) is 1. The van der Waals surface area contributed by atoms with Crippen LogP contribution in [0, 0.1) is 6.92 Å². The molecule has 2 aromatic rings. The van der Waals surface area contributed by atoms with Crippen LogP contribution in [0.4, 0.5) is 5.69 Å². The van der Waals surface area contributed by atoms with Gasteiger partial charge in [0.05, 0.1) is 18.8 Å². The number of fused-ring (bicyclic) bond motifs is 1. The van der Waals surface area contributed by atoms with Gasteiger partial charge in [-0.05, 0) is 19.1 Å².